The summed E-state index contributed by atoms with van der Waals surface area (Å²) in [6, 6.07) is 3.32. The Balaban J connectivity index is 1.84. The van der Waals surface area contributed by atoms with E-state index in [1.165, 1.54) is 24.5 Å². The Kier molecular flexibility index (Phi) is 7.70. The highest BCUT2D eigenvalue weighted by molar-refractivity contribution is 5.84. The number of carbonyl (C=O) groups excluding carboxylic acids is 1. The minimum atomic E-state index is -1.06. The number of aromatic carboxylic acids is 1. The van der Waals surface area contributed by atoms with Crippen LogP contribution in [0.4, 0.5) is 0 Å². The van der Waals surface area contributed by atoms with Gasteiger partial charge < -0.3 is 14.4 Å². The van der Waals surface area contributed by atoms with Crippen LogP contribution in [0.1, 0.15) is 68.7 Å². The predicted octanol–water partition coefficient (Wildman–Crippen LogP) is 4.59. The van der Waals surface area contributed by atoms with E-state index in [2.05, 4.69) is 32.1 Å². The highest BCUT2D eigenvalue weighted by atomic mass is 16.4. The van der Waals surface area contributed by atoms with Gasteiger partial charge in [-0.1, -0.05) is 43.6 Å². The maximum absolute atomic E-state index is 12.2. The van der Waals surface area contributed by atoms with Crippen molar-refractivity contribution in [3.05, 3.63) is 47.5 Å². The van der Waals surface area contributed by atoms with E-state index in [0.29, 0.717) is 25.1 Å². The molecule has 5 nitrogen and oxygen atoms in total. The van der Waals surface area contributed by atoms with Gasteiger partial charge in [-0.25, -0.2) is 4.79 Å². The maximum atomic E-state index is 12.2. The van der Waals surface area contributed by atoms with Crippen LogP contribution in [-0.2, 0) is 11.2 Å². The van der Waals surface area contributed by atoms with E-state index in [1.54, 1.807) is 6.07 Å². The zero-order valence-corrected chi connectivity index (χ0v) is 15.7. The zero-order chi connectivity index (χ0) is 18.9. The summed E-state index contributed by atoms with van der Waals surface area (Å²) < 4.78 is 5.26. The summed E-state index contributed by atoms with van der Waals surface area (Å²) in [5.41, 5.74) is 1.24. The molecule has 1 aromatic heterocycles. The zero-order valence-electron chi connectivity index (χ0n) is 15.7. The number of hydrogen-bond donors (Lipinski definition) is 1. The smallest absolute Gasteiger partial charge is 0.371 e. The molecule has 5 heteroatoms. The van der Waals surface area contributed by atoms with Crippen LogP contribution in [0.5, 0.6) is 0 Å². The molecule has 142 valence electrons. The van der Waals surface area contributed by atoms with Crippen LogP contribution in [-0.4, -0.2) is 34.5 Å². The van der Waals surface area contributed by atoms with Gasteiger partial charge in [-0.05, 0) is 38.3 Å². The molecule has 2 rings (SSSR count). The van der Waals surface area contributed by atoms with E-state index >= 15 is 0 Å². The Bertz CT molecular complexity index is 671. The lowest BCUT2D eigenvalue weighted by Crippen LogP contribution is -2.32. The summed E-state index contributed by atoms with van der Waals surface area (Å²) in [5, 5.41) is 8.88. The number of allylic oxidation sites excluding steroid dienone is 3. The minimum absolute atomic E-state index is 0.0385. The first-order valence-electron chi connectivity index (χ1n) is 9.47. The molecule has 1 aromatic rings. The first-order chi connectivity index (χ1) is 12.5. The van der Waals surface area contributed by atoms with Crippen LogP contribution < -0.4 is 0 Å². The molecule has 1 N–H and O–H groups in total. The predicted molar refractivity (Wildman–Crippen MR) is 101 cm³/mol. The summed E-state index contributed by atoms with van der Waals surface area (Å²) in [6.07, 6.45) is 12.9. The molecule has 0 saturated carbocycles. The van der Waals surface area contributed by atoms with Crippen LogP contribution in [0, 0.1) is 0 Å². The fourth-order valence-corrected chi connectivity index (χ4v) is 3.16. The van der Waals surface area contributed by atoms with Crippen molar-refractivity contribution in [2.24, 2.45) is 0 Å². The summed E-state index contributed by atoms with van der Waals surface area (Å²) in [6.45, 7) is 4.95. The average Bonchev–Trinajstić information content (AvgIpc) is 3.21. The summed E-state index contributed by atoms with van der Waals surface area (Å²) in [4.78, 5) is 24.9. The number of carboxylic acids is 1. The molecule has 0 spiro atoms. The van der Waals surface area contributed by atoms with Crippen molar-refractivity contribution >= 4 is 11.9 Å². The lowest BCUT2D eigenvalue weighted by Gasteiger charge is -2.22. The number of nitrogens with zero attached hydrogens (tertiary/aromatic N) is 1. The van der Waals surface area contributed by atoms with Crippen molar-refractivity contribution in [1.82, 2.24) is 4.90 Å². The van der Waals surface area contributed by atoms with Gasteiger partial charge in [0.1, 0.15) is 5.76 Å². The van der Waals surface area contributed by atoms with Gasteiger partial charge in [-0.15, -0.1) is 0 Å². The second kappa shape index (κ2) is 10.00. The molecule has 1 saturated heterocycles. The molecule has 0 aromatic carbocycles. The molecule has 1 aliphatic rings. The number of amides is 1. The van der Waals surface area contributed by atoms with Gasteiger partial charge in [-0.2, -0.15) is 0 Å². The van der Waals surface area contributed by atoms with E-state index in [4.69, 9.17) is 9.52 Å². The normalized spacial score (nSPS) is 18.2. The highest BCUT2D eigenvalue weighted by Gasteiger charge is 2.28. The fraction of sp³-hybridized carbons (Fsp3) is 0.524. The first-order valence-corrected chi connectivity index (χ1v) is 9.47. The summed E-state index contributed by atoms with van der Waals surface area (Å²) in [5.74, 6) is -0.254. The van der Waals surface area contributed by atoms with Gasteiger partial charge in [0.2, 0.25) is 11.7 Å². The third-order valence-electron chi connectivity index (χ3n) is 4.67. The van der Waals surface area contributed by atoms with Crippen LogP contribution >= 0.6 is 0 Å². The van der Waals surface area contributed by atoms with Crippen molar-refractivity contribution in [2.75, 3.05) is 6.54 Å². The van der Waals surface area contributed by atoms with Gasteiger partial charge in [-0.3, -0.25) is 4.79 Å². The SMILES string of the molecule is CCCC/C=C(C)/C=C/[C@H]1CCC(=O)N1CCCc1ccc(C(=O)O)o1. The fourth-order valence-electron chi connectivity index (χ4n) is 3.16. The summed E-state index contributed by atoms with van der Waals surface area (Å²) in [7, 11) is 0. The number of aryl methyl sites for hydroxylation is 1. The molecule has 1 aliphatic heterocycles. The Morgan fingerprint density at radius 1 is 1.38 bits per heavy atom. The Morgan fingerprint density at radius 3 is 2.88 bits per heavy atom. The third-order valence-corrected chi connectivity index (χ3v) is 4.67. The van der Waals surface area contributed by atoms with E-state index in [9.17, 15) is 9.59 Å². The molecule has 1 atom stereocenters. The number of furan rings is 1. The molecule has 0 bridgehead atoms. The molecule has 0 radical (unpaired) electrons. The highest BCUT2D eigenvalue weighted by Crippen LogP contribution is 2.21. The van der Waals surface area contributed by atoms with Gasteiger partial charge in [0.25, 0.3) is 0 Å². The molecular weight excluding hydrogens is 330 g/mol. The van der Waals surface area contributed by atoms with Crippen LogP contribution in [0.3, 0.4) is 0 Å². The maximum Gasteiger partial charge on any atom is 0.371 e. The van der Waals surface area contributed by atoms with E-state index < -0.39 is 5.97 Å². The largest absolute Gasteiger partial charge is 0.475 e. The Morgan fingerprint density at radius 2 is 2.19 bits per heavy atom. The van der Waals surface area contributed by atoms with Crippen molar-refractivity contribution in [3.8, 4) is 0 Å². The van der Waals surface area contributed by atoms with Gasteiger partial charge in [0.05, 0.1) is 6.04 Å². The van der Waals surface area contributed by atoms with Crippen molar-refractivity contribution in [3.63, 3.8) is 0 Å². The number of carboxylic acid groups (broad SMARTS) is 1. The number of hydrogen-bond acceptors (Lipinski definition) is 3. The number of likely N-dealkylation sites (tertiary alicyclic amines) is 1. The first kappa shape index (κ1) is 20.0. The second-order valence-electron chi connectivity index (χ2n) is 6.82. The lowest BCUT2D eigenvalue weighted by atomic mass is 10.1. The van der Waals surface area contributed by atoms with E-state index in [0.717, 1.165) is 19.3 Å². The quantitative estimate of drug-likeness (QED) is 0.490. The van der Waals surface area contributed by atoms with Gasteiger partial charge in [0, 0.05) is 19.4 Å². The molecule has 1 amide bonds. The summed E-state index contributed by atoms with van der Waals surface area (Å²) >= 11 is 0. The van der Waals surface area contributed by atoms with Gasteiger partial charge in [0.15, 0.2) is 0 Å². The van der Waals surface area contributed by atoms with Crippen LogP contribution in [0.25, 0.3) is 0 Å². The topological polar surface area (TPSA) is 70.8 Å². The van der Waals surface area contributed by atoms with Crippen LogP contribution in [0.2, 0.25) is 0 Å². The van der Waals surface area contributed by atoms with Crippen molar-refractivity contribution < 1.29 is 19.1 Å². The monoisotopic (exact) mass is 359 g/mol. The number of rotatable bonds is 10. The minimum Gasteiger partial charge on any atom is -0.475 e. The third kappa shape index (κ3) is 5.90. The van der Waals surface area contributed by atoms with Crippen molar-refractivity contribution in [2.45, 2.75) is 64.8 Å². The number of unbranched alkanes of at least 4 members (excludes halogenated alkanes) is 2. The lowest BCUT2D eigenvalue weighted by molar-refractivity contribution is -0.128. The second-order valence-corrected chi connectivity index (χ2v) is 6.82. The molecule has 0 aliphatic carbocycles. The molecule has 1 fully saturated rings. The molecular formula is C21H29NO4. The molecule has 26 heavy (non-hydrogen) atoms. The van der Waals surface area contributed by atoms with Crippen LogP contribution in [0.15, 0.2) is 40.4 Å². The van der Waals surface area contributed by atoms with E-state index in [1.807, 2.05) is 4.90 Å². The van der Waals surface area contributed by atoms with Crippen molar-refractivity contribution in [1.29, 1.82) is 0 Å². The standard InChI is InChI=1S/C21H29NO4/c1-3-4-5-7-16(2)9-10-17-11-14-20(23)22(17)15-6-8-18-12-13-19(26-18)21(24)25/h7,9-10,12-13,17H,3-6,8,11,14-15H2,1-2H3,(H,24,25)/b10-9+,16-7+/t17-/m0/s1. The average molecular weight is 359 g/mol. The molecule has 2 heterocycles. The molecule has 0 unspecified atom stereocenters. The Labute approximate surface area is 155 Å². The number of carbonyl (C=O) groups is 2. The van der Waals surface area contributed by atoms with Gasteiger partial charge >= 0.3 is 5.97 Å². The Hall–Kier alpha value is -2.30. The van der Waals surface area contributed by atoms with E-state index in [-0.39, 0.29) is 17.7 Å².